The monoisotopic (exact) mass is 671 g/mol. The van der Waals surface area contributed by atoms with Gasteiger partial charge in [0.1, 0.15) is 11.6 Å². The van der Waals surface area contributed by atoms with Gasteiger partial charge in [0, 0.05) is 18.0 Å². The lowest BCUT2D eigenvalue weighted by Crippen LogP contribution is -2.57. The van der Waals surface area contributed by atoms with Crippen LogP contribution in [0.4, 0.5) is 23.7 Å². The van der Waals surface area contributed by atoms with E-state index in [4.69, 9.17) is 4.74 Å². The Morgan fingerprint density at radius 1 is 1.02 bits per heavy atom. The molecule has 4 amide bonds. The number of rotatable bonds is 5. The van der Waals surface area contributed by atoms with Gasteiger partial charge in [0.15, 0.2) is 6.10 Å². The molecule has 46 heavy (non-hydrogen) atoms. The maximum atomic E-state index is 13.7. The molecule has 1 aromatic rings. The Bertz CT molecular complexity index is 1460. The van der Waals surface area contributed by atoms with Gasteiger partial charge in [-0.25, -0.2) is 9.52 Å². The molecule has 0 aromatic heterocycles. The van der Waals surface area contributed by atoms with Crippen molar-refractivity contribution < 1.29 is 45.5 Å². The second-order valence-corrected chi connectivity index (χ2v) is 14.3. The molecular formula is C30H40F3N5O7S. The second-order valence-electron chi connectivity index (χ2n) is 12.9. The number of carbonyl (C=O) groups excluding carboxylic acids is 4. The van der Waals surface area contributed by atoms with Crippen LogP contribution in [0.25, 0.3) is 0 Å². The van der Waals surface area contributed by atoms with E-state index < -0.39 is 74.9 Å². The van der Waals surface area contributed by atoms with Crippen molar-refractivity contribution >= 4 is 39.7 Å². The van der Waals surface area contributed by atoms with E-state index >= 15 is 0 Å². The number of nitrogens with one attached hydrogen (secondary N) is 4. The first kappa shape index (κ1) is 35.0. The van der Waals surface area contributed by atoms with E-state index in [9.17, 15) is 40.8 Å². The molecule has 16 heteroatoms. The van der Waals surface area contributed by atoms with E-state index in [1.54, 1.807) is 26.8 Å². The molecule has 2 heterocycles. The van der Waals surface area contributed by atoms with E-state index in [2.05, 4.69) is 10.6 Å². The van der Waals surface area contributed by atoms with Crippen LogP contribution in [0.2, 0.25) is 0 Å². The van der Waals surface area contributed by atoms with Crippen LogP contribution in [0, 0.1) is 5.92 Å². The Kier molecular flexibility index (Phi) is 10.3. The molecule has 4 atom stereocenters. The molecule has 1 saturated heterocycles. The first-order valence-electron chi connectivity index (χ1n) is 15.2. The van der Waals surface area contributed by atoms with Crippen molar-refractivity contribution in [1.82, 2.24) is 20.3 Å². The summed E-state index contributed by atoms with van der Waals surface area (Å²) < 4.78 is 73.8. The summed E-state index contributed by atoms with van der Waals surface area (Å²) in [4.78, 5) is 54.6. The van der Waals surface area contributed by atoms with E-state index in [1.807, 2.05) is 15.5 Å². The molecule has 0 radical (unpaired) electrons. The molecule has 4 rings (SSSR count). The van der Waals surface area contributed by atoms with Crippen LogP contribution in [0.1, 0.15) is 77.7 Å². The molecule has 3 aliphatic rings. The Morgan fingerprint density at radius 3 is 2.37 bits per heavy atom. The lowest BCUT2D eigenvalue weighted by atomic mass is 10.1. The maximum Gasteiger partial charge on any atom is 0.416 e. The van der Waals surface area contributed by atoms with Crippen LogP contribution in [-0.2, 0) is 35.5 Å². The van der Waals surface area contributed by atoms with Gasteiger partial charge in [-0.1, -0.05) is 18.6 Å². The molecular weight excluding hydrogens is 631 g/mol. The van der Waals surface area contributed by atoms with Gasteiger partial charge in [-0.2, -0.15) is 21.6 Å². The van der Waals surface area contributed by atoms with E-state index in [0.29, 0.717) is 31.4 Å². The highest BCUT2D eigenvalue weighted by Gasteiger charge is 2.61. The normalized spacial score (nSPS) is 26.0. The summed E-state index contributed by atoms with van der Waals surface area (Å²) in [5.41, 5.74) is -3.42. The molecule has 4 N–H and O–H groups in total. The summed E-state index contributed by atoms with van der Waals surface area (Å²) in [7, 11) is -4.61. The average molecular weight is 672 g/mol. The molecule has 0 unspecified atom stereocenters. The number of anilines is 1. The number of ether oxygens (including phenoxy) is 1. The SMILES string of the molecule is CC(C)(C)NC(=O)O[C@H]1CCCCCC=C[C@@H]2C[C@@]2(C(=O)NS(=O)(=O)Nc2ccc(C(F)(F)F)cc2)NC(=O)[C@@H]2CCCN2C1=O. The Morgan fingerprint density at radius 2 is 1.72 bits per heavy atom. The Hall–Kier alpha value is -3.82. The molecule has 2 fully saturated rings. The highest BCUT2D eigenvalue weighted by molar-refractivity contribution is 7.91. The second kappa shape index (κ2) is 13.5. The fraction of sp³-hybridized carbons (Fsp3) is 0.600. The number of allylic oxidation sites excluding steroid dienone is 1. The molecule has 254 valence electrons. The van der Waals surface area contributed by atoms with E-state index in [1.165, 1.54) is 4.90 Å². The quantitative estimate of drug-likeness (QED) is 0.347. The third-order valence-corrected chi connectivity index (χ3v) is 8.96. The highest BCUT2D eigenvalue weighted by atomic mass is 32.2. The van der Waals surface area contributed by atoms with Gasteiger partial charge in [0.2, 0.25) is 5.91 Å². The van der Waals surface area contributed by atoms with Gasteiger partial charge in [-0.15, -0.1) is 0 Å². The predicted molar refractivity (Wildman–Crippen MR) is 161 cm³/mol. The van der Waals surface area contributed by atoms with Crippen molar-refractivity contribution in [3.05, 3.63) is 42.0 Å². The van der Waals surface area contributed by atoms with Gasteiger partial charge in [-0.05, 0) is 90.0 Å². The van der Waals surface area contributed by atoms with Crippen LogP contribution in [-0.4, -0.2) is 66.9 Å². The Balaban J connectivity index is 1.51. The molecule has 0 bridgehead atoms. The van der Waals surface area contributed by atoms with Crippen molar-refractivity contribution in [3.8, 4) is 0 Å². The van der Waals surface area contributed by atoms with Crippen LogP contribution in [0.5, 0.6) is 0 Å². The van der Waals surface area contributed by atoms with E-state index in [-0.39, 0.29) is 31.5 Å². The predicted octanol–water partition coefficient (Wildman–Crippen LogP) is 3.76. The minimum atomic E-state index is -4.61. The number of nitrogens with zero attached hydrogens (tertiary/aromatic N) is 1. The summed E-state index contributed by atoms with van der Waals surface area (Å²) in [5, 5.41) is 5.37. The topological polar surface area (TPSA) is 163 Å². The van der Waals surface area contributed by atoms with Gasteiger partial charge in [-0.3, -0.25) is 19.1 Å². The summed E-state index contributed by atoms with van der Waals surface area (Å²) in [6, 6.07) is 2.23. The lowest BCUT2D eigenvalue weighted by Gasteiger charge is -2.30. The third kappa shape index (κ3) is 8.91. The summed E-state index contributed by atoms with van der Waals surface area (Å²) >= 11 is 0. The lowest BCUT2D eigenvalue weighted by molar-refractivity contribution is -0.146. The van der Waals surface area contributed by atoms with Crippen molar-refractivity contribution in [1.29, 1.82) is 0 Å². The number of alkyl carbamates (subject to hydrolysis) is 1. The minimum Gasteiger partial charge on any atom is -0.436 e. The number of amides is 4. The maximum absolute atomic E-state index is 13.7. The number of hydrogen-bond donors (Lipinski definition) is 4. The van der Waals surface area contributed by atoms with Gasteiger partial charge < -0.3 is 20.3 Å². The van der Waals surface area contributed by atoms with Crippen molar-refractivity contribution in [2.75, 3.05) is 11.3 Å². The zero-order valence-corrected chi connectivity index (χ0v) is 26.7. The van der Waals surface area contributed by atoms with Gasteiger partial charge >= 0.3 is 22.5 Å². The van der Waals surface area contributed by atoms with Crippen LogP contribution in [0.15, 0.2) is 36.4 Å². The largest absolute Gasteiger partial charge is 0.436 e. The molecule has 1 saturated carbocycles. The van der Waals surface area contributed by atoms with Crippen LogP contribution >= 0.6 is 0 Å². The summed E-state index contributed by atoms with van der Waals surface area (Å²) in [6.07, 6.45) is 0.906. The number of fused-ring (bicyclic) bond motifs is 2. The third-order valence-electron chi connectivity index (χ3n) is 8.00. The molecule has 2 aliphatic heterocycles. The number of carbonyl (C=O) groups is 4. The summed E-state index contributed by atoms with van der Waals surface area (Å²) in [6.45, 7) is 5.54. The van der Waals surface area contributed by atoms with Crippen LogP contribution < -0.4 is 20.1 Å². The van der Waals surface area contributed by atoms with Crippen molar-refractivity contribution in [2.45, 2.75) is 102 Å². The Labute approximate surface area is 266 Å². The standard InChI is InChI=1S/C30H40F3N5O7S/c1-28(2,3)35-27(42)45-23-12-8-6-4-5-7-10-20-18-29(20,34-24(39)22-11-9-17-38(22)25(23)40)26(41)37-46(43,44)36-21-15-13-19(14-16-21)30(31,32)33/h7,10,13-16,20,22-23,36H,4-6,8-9,11-12,17-18H2,1-3H3,(H,34,39)(H,35,42)(H,37,41)/t20-,22+,23+,29-/m1/s1. The zero-order valence-electron chi connectivity index (χ0n) is 25.9. The zero-order chi connectivity index (χ0) is 33.9. The van der Waals surface area contributed by atoms with E-state index in [0.717, 1.165) is 25.0 Å². The van der Waals surface area contributed by atoms with Crippen molar-refractivity contribution in [2.24, 2.45) is 5.92 Å². The summed E-state index contributed by atoms with van der Waals surface area (Å²) in [5.74, 6) is -2.75. The van der Waals surface area contributed by atoms with Crippen molar-refractivity contribution in [3.63, 3.8) is 0 Å². The fourth-order valence-corrected chi connectivity index (χ4v) is 6.54. The molecule has 12 nitrogen and oxygen atoms in total. The first-order chi connectivity index (χ1) is 21.4. The number of benzene rings is 1. The van der Waals surface area contributed by atoms with Gasteiger partial charge in [0.25, 0.3) is 11.8 Å². The minimum absolute atomic E-state index is 0.0935. The number of alkyl halides is 3. The average Bonchev–Trinajstić information content (AvgIpc) is 3.39. The molecule has 0 spiro atoms. The molecule has 1 aliphatic carbocycles. The number of hydrogen-bond acceptors (Lipinski definition) is 7. The smallest absolute Gasteiger partial charge is 0.416 e. The first-order valence-corrected chi connectivity index (χ1v) is 16.7. The fourth-order valence-electron chi connectivity index (χ4n) is 5.62. The number of halogens is 3. The molecule has 1 aromatic carbocycles. The highest BCUT2D eigenvalue weighted by Crippen LogP contribution is 2.45. The van der Waals surface area contributed by atoms with Gasteiger partial charge in [0.05, 0.1) is 11.3 Å². The van der Waals surface area contributed by atoms with Crippen LogP contribution in [0.3, 0.4) is 0 Å².